The van der Waals surface area contributed by atoms with Gasteiger partial charge in [0.05, 0.1) is 51.6 Å². The van der Waals surface area contributed by atoms with E-state index in [2.05, 4.69) is 10.6 Å². The zero-order valence-corrected chi connectivity index (χ0v) is 25.2. The second-order valence-corrected chi connectivity index (χ2v) is 9.51. The molecular formula is C29H43N3O13. The summed E-state index contributed by atoms with van der Waals surface area (Å²) in [6.45, 7) is 2.18. The van der Waals surface area contributed by atoms with Crippen molar-refractivity contribution in [2.75, 3.05) is 14.2 Å². The third kappa shape index (κ3) is 19.7. The first-order chi connectivity index (χ1) is 21.1. The van der Waals surface area contributed by atoms with Crippen LogP contribution in [-0.2, 0) is 32.3 Å². The summed E-state index contributed by atoms with van der Waals surface area (Å²) in [4.78, 5) is 42.2. The van der Waals surface area contributed by atoms with E-state index in [0.717, 1.165) is 22.6 Å². The zero-order valence-electron chi connectivity index (χ0n) is 25.2. The average Bonchev–Trinajstić information content (AvgIpc) is 2.97. The third-order valence-corrected chi connectivity index (χ3v) is 5.86. The number of rotatable bonds is 17. The normalized spacial score (nSPS) is 12.5. The molecule has 16 nitrogen and oxygen atoms in total. The molecule has 11 N–H and O–H groups in total. The Morgan fingerprint density at radius 1 is 0.667 bits per heavy atom. The number of methoxy groups -OCH3 is 2. The second kappa shape index (κ2) is 22.4. The number of carboxylic acid groups (broad SMARTS) is 3. The molecule has 252 valence electrons. The molecule has 2 aromatic carbocycles. The Kier molecular flexibility index (Phi) is 20.3. The van der Waals surface area contributed by atoms with Crippen molar-refractivity contribution in [1.82, 2.24) is 10.6 Å². The maximum Gasteiger partial charge on any atom is 0.305 e. The largest absolute Gasteiger partial charge is 0.497 e. The summed E-state index contributed by atoms with van der Waals surface area (Å²) in [7, 11) is 3.16. The number of nitrogens with one attached hydrogen (secondary N) is 2. The zero-order chi connectivity index (χ0) is 34.5. The number of aliphatic carboxylic acids is 3. The number of ether oxygens (including phenoxy) is 2. The lowest BCUT2D eigenvalue weighted by Gasteiger charge is -2.18. The molecule has 0 radical (unpaired) electrons. The molecule has 0 spiro atoms. The number of hydrogen-bond donors (Lipinski definition) is 10. The van der Waals surface area contributed by atoms with Gasteiger partial charge < -0.3 is 61.6 Å². The summed E-state index contributed by atoms with van der Waals surface area (Å²) in [6.07, 6.45) is -4.45. The minimum absolute atomic E-state index is 0.175. The van der Waals surface area contributed by atoms with Crippen molar-refractivity contribution in [3.63, 3.8) is 0 Å². The highest BCUT2D eigenvalue weighted by molar-refractivity contribution is 5.85. The van der Waals surface area contributed by atoms with E-state index in [1.807, 2.05) is 36.4 Å². The topological polar surface area (TPSA) is 278 Å². The molecule has 0 fully saturated rings. The maximum atomic E-state index is 11.3. The van der Waals surface area contributed by atoms with Gasteiger partial charge in [-0.2, -0.15) is 0 Å². The number of ketones is 1. The lowest BCUT2D eigenvalue weighted by molar-refractivity contribution is -0.142. The fourth-order valence-corrected chi connectivity index (χ4v) is 3.29. The molecule has 0 aliphatic heterocycles. The maximum absolute atomic E-state index is 11.3. The second-order valence-electron chi connectivity index (χ2n) is 9.51. The summed E-state index contributed by atoms with van der Waals surface area (Å²) in [6, 6.07) is 11.9. The first-order valence-corrected chi connectivity index (χ1v) is 13.5. The van der Waals surface area contributed by atoms with Crippen LogP contribution in [0, 0.1) is 0 Å². The molecule has 3 atom stereocenters. The van der Waals surface area contributed by atoms with Crippen LogP contribution in [0.1, 0.15) is 37.3 Å². The molecule has 0 saturated heterocycles. The molecule has 45 heavy (non-hydrogen) atoms. The van der Waals surface area contributed by atoms with Crippen molar-refractivity contribution in [3.8, 4) is 11.5 Å². The molecule has 0 saturated carbocycles. The van der Waals surface area contributed by atoms with Crippen LogP contribution in [0.5, 0.6) is 11.5 Å². The van der Waals surface area contributed by atoms with E-state index in [0.29, 0.717) is 13.1 Å². The Morgan fingerprint density at radius 3 is 1.36 bits per heavy atom. The number of benzene rings is 2. The molecule has 0 heterocycles. The molecule has 0 aromatic heterocycles. The molecule has 2 aromatic rings. The van der Waals surface area contributed by atoms with Crippen molar-refractivity contribution < 1.29 is 64.4 Å². The van der Waals surface area contributed by atoms with Gasteiger partial charge in [0.2, 0.25) is 0 Å². The van der Waals surface area contributed by atoms with Crippen molar-refractivity contribution in [3.05, 3.63) is 59.7 Å². The number of carbonyl (C=O) groups is 4. The summed E-state index contributed by atoms with van der Waals surface area (Å²) < 4.78 is 10.0. The fourth-order valence-electron chi connectivity index (χ4n) is 3.29. The van der Waals surface area contributed by atoms with Gasteiger partial charge in [0, 0.05) is 13.1 Å². The summed E-state index contributed by atoms with van der Waals surface area (Å²) in [5.41, 5.74) is 6.80. The SMILES string of the molecule is COc1ccc(CNC(CC(=O)O)C(C)=O)cc1.COc1ccc(CNC(CC(=O)O)C(O)O)cc1.NC(CC(=O)O)C(O)O. The van der Waals surface area contributed by atoms with E-state index in [1.165, 1.54) is 6.92 Å². The minimum atomic E-state index is -1.75. The van der Waals surface area contributed by atoms with Crippen LogP contribution >= 0.6 is 0 Å². The minimum Gasteiger partial charge on any atom is -0.497 e. The van der Waals surface area contributed by atoms with Gasteiger partial charge in [-0.3, -0.25) is 19.2 Å². The van der Waals surface area contributed by atoms with Crippen LogP contribution in [0.25, 0.3) is 0 Å². The van der Waals surface area contributed by atoms with Gasteiger partial charge >= 0.3 is 17.9 Å². The van der Waals surface area contributed by atoms with Gasteiger partial charge in [0.25, 0.3) is 0 Å². The smallest absolute Gasteiger partial charge is 0.305 e. The predicted octanol–water partition coefficient (Wildman–Crippen LogP) is -0.745. The quantitative estimate of drug-likeness (QED) is 0.0952. The van der Waals surface area contributed by atoms with Crippen molar-refractivity contribution in [1.29, 1.82) is 0 Å². The molecule has 2 rings (SSSR count). The number of carbonyl (C=O) groups excluding carboxylic acids is 1. The lowest BCUT2D eigenvalue weighted by Crippen LogP contribution is -2.41. The molecule has 0 aliphatic rings. The van der Waals surface area contributed by atoms with E-state index in [4.69, 9.17) is 51.0 Å². The Bertz CT molecular complexity index is 1160. The standard InChI is InChI=1S/C13H17NO4.C12H17NO5.C4H9NO4/c1-9(15)12(7-13(16)17)14-8-10-3-5-11(18-2)6-4-10;1-18-9-4-2-8(3-5-9)7-13-10(12(16)17)6-11(14)15;5-2(4(8)9)1-3(6)7/h3-6,12,14H,7-8H2,1-2H3,(H,16,17);2-5,10,12-13,16-17H,6-7H2,1H3,(H,14,15);2,4,8-9H,1,5H2,(H,6,7). The molecular weight excluding hydrogens is 598 g/mol. The Labute approximate surface area is 260 Å². The number of Topliss-reactive ketones (excluding diaryl/α,β-unsaturated/α-hetero) is 1. The van der Waals surface area contributed by atoms with Crippen molar-refractivity contribution in [2.24, 2.45) is 5.73 Å². The number of carboxylic acids is 3. The lowest BCUT2D eigenvalue weighted by atomic mass is 10.1. The van der Waals surface area contributed by atoms with Crippen molar-refractivity contribution in [2.45, 2.75) is 70.0 Å². The summed E-state index contributed by atoms with van der Waals surface area (Å²) >= 11 is 0. The van der Waals surface area contributed by atoms with E-state index < -0.39 is 55.0 Å². The van der Waals surface area contributed by atoms with Gasteiger partial charge in [-0.25, -0.2) is 0 Å². The molecule has 0 aliphatic carbocycles. The Morgan fingerprint density at radius 2 is 1.07 bits per heavy atom. The first-order valence-electron chi connectivity index (χ1n) is 13.5. The number of aliphatic hydroxyl groups excluding tert-OH is 2. The number of nitrogens with two attached hydrogens (primary N) is 1. The molecule has 0 bridgehead atoms. The van der Waals surface area contributed by atoms with Gasteiger partial charge in [-0.1, -0.05) is 24.3 Å². The van der Waals surface area contributed by atoms with Crippen LogP contribution in [0.2, 0.25) is 0 Å². The Balaban J connectivity index is 0.000000684. The van der Waals surface area contributed by atoms with Gasteiger partial charge in [0.1, 0.15) is 17.3 Å². The average molecular weight is 642 g/mol. The van der Waals surface area contributed by atoms with Gasteiger partial charge in [0.15, 0.2) is 12.6 Å². The highest BCUT2D eigenvalue weighted by Crippen LogP contribution is 2.12. The Hall–Kier alpha value is -4.16. The van der Waals surface area contributed by atoms with Crippen LogP contribution in [0.4, 0.5) is 0 Å². The van der Waals surface area contributed by atoms with E-state index in [9.17, 15) is 19.2 Å². The first kappa shape index (κ1) is 40.8. The van der Waals surface area contributed by atoms with Gasteiger partial charge in [-0.05, 0) is 42.3 Å². The predicted molar refractivity (Wildman–Crippen MR) is 159 cm³/mol. The van der Waals surface area contributed by atoms with Crippen molar-refractivity contribution >= 4 is 23.7 Å². The highest BCUT2D eigenvalue weighted by Gasteiger charge is 2.19. The van der Waals surface area contributed by atoms with E-state index >= 15 is 0 Å². The number of aliphatic hydroxyl groups is 4. The van der Waals surface area contributed by atoms with Crippen LogP contribution in [-0.4, -0.2) is 104 Å². The monoisotopic (exact) mass is 641 g/mol. The highest BCUT2D eigenvalue weighted by atomic mass is 16.5. The molecule has 0 amide bonds. The summed E-state index contributed by atoms with van der Waals surface area (Å²) in [5, 5.41) is 65.6. The van der Waals surface area contributed by atoms with Crippen LogP contribution in [0.3, 0.4) is 0 Å². The third-order valence-electron chi connectivity index (χ3n) is 5.86. The number of hydrogen-bond acceptors (Lipinski definition) is 13. The van der Waals surface area contributed by atoms with Crippen LogP contribution < -0.4 is 25.8 Å². The van der Waals surface area contributed by atoms with E-state index in [1.54, 1.807) is 26.4 Å². The fraction of sp³-hybridized carbons (Fsp3) is 0.448. The molecule has 16 heteroatoms. The van der Waals surface area contributed by atoms with Crippen LogP contribution in [0.15, 0.2) is 48.5 Å². The summed E-state index contributed by atoms with van der Waals surface area (Å²) in [5.74, 6) is -1.91. The van der Waals surface area contributed by atoms with Gasteiger partial charge in [-0.15, -0.1) is 0 Å². The van der Waals surface area contributed by atoms with E-state index in [-0.39, 0.29) is 18.6 Å². The molecule has 3 unspecified atom stereocenters.